The molecule has 0 radical (unpaired) electrons. The predicted octanol–water partition coefficient (Wildman–Crippen LogP) is 3.52. The first-order valence-electron chi connectivity index (χ1n) is 11.8. The number of aromatic nitrogens is 1. The standard InChI is InChI=1S/C24H37BN2O5/c1-21(2,3)30-20(28)27-17-9-8-10-18(27)14-24(29,13-17)19-12-11-16(15-26-19)25-31-22(4,5)23(6,7)32-25/h11-12,15,17-18,29H,8-10,13-14H2,1-7H3. The second kappa shape index (κ2) is 7.71. The Bertz CT molecular complexity index is 834. The molecule has 2 bridgehead atoms. The van der Waals surface area contributed by atoms with E-state index in [-0.39, 0.29) is 18.2 Å². The molecule has 3 fully saturated rings. The summed E-state index contributed by atoms with van der Waals surface area (Å²) in [6.45, 7) is 13.7. The molecule has 4 heterocycles. The number of nitrogens with zero attached hydrogens (tertiary/aromatic N) is 2. The molecule has 8 heteroatoms. The Kier molecular flexibility index (Phi) is 5.67. The topological polar surface area (TPSA) is 81.1 Å². The van der Waals surface area contributed by atoms with Gasteiger partial charge in [0.05, 0.1) is 16.9 Å². The summed E-state index contributed by atoms with van der Waals surface area (Å²) < 4.78 is 17.9. The average molecular weight is 444 g/mol. The summed E-state index contributed by atoms with van der Waals surface area (Å²) in [5.41, 5.74) is -0.964. The molecule has 7 nitrogen and oxygen atoms in total. The van der Waals surface area contributed by atoms with Gasteiger partial charge in [-0.1, -0.05) is 6.07 Å². The van der Waals surface area contributed by atoms with Crippen LogP contribution in [0.15, 0.2) is 18.3 Å². The van der Waals surface area contributed by atoms with Crippen molar-refractivity contribution in [1.29, 1.82) is 0 Å². The predicted molar refractivity (Wildman–Crippen MR) is 123 cm³/mol. The van der Waals surface area contributed by atoms with Crippen molar-refractivity contribution in [3.8, 4) is 0 Å². The molecule has 0 aromatic carbocycles. The summed E-state index contributed by atoms with van der Waals surface area (Å²) in [7, 11) is -0.482. The number of hydrogen-bond acceptors (Lipinski definition) is 6. The number of pyridine rings is 1. The van der Waals surface area contributed by atoms with Crippen LogP contribution in [0.1, 0.15) is 86.3 Å². The molecule has 2 unspecified atom stereocenters. The van der Waals surface area contributed by atoms with Gasteiger partial charge in [-0.05, 0) is 73.8 Å². The van der Waals surface area contributed by atoms with E-state index in [0.29, 0.717) is 18.5 Å². The molecule has 3 saturated heterocycles. The van der Waals surface area contributed by atoms with E-state index in [1.807, 2.05) is 65.5 Å². The highest BCUT2D eigenvalue weighted by Gasteiger charge is 2.53. The Hall–Kier alpha value is -1.64. The highest BCUT2D eigenvalue weighted by atomic mass is 16.7. The summed E-state index contributed by atoms with van der Waals surface area (Å²) in [5.74, 6) is 0. The van der Waals surface area contributed by atoms with Crippen LogP contribution < -0.4 is 5.46 Å². The van der Waals surface area contributed by atoms with Gasteiger partial charge in [0.25, 0.3) is 0 Å². The molecular weight excluding hydrogens is 407 g/mol. The Labute approximate surface area is 192 Å². The van der Waals surface area contributed by atoms with Gasteiger partial charge in [-0.3, -0.25) is 4.98 Å². The maximum Gasteiger partial charge on any atom is 0.496 e. The number of fused-ring (bicyclic) bond motifs is 2. The first-order valence-corrected chi connectivity index (χ1v) is 11.8. The van der Waals surface area contributed by atoms with Crippen LogP contribution in [0.25, 0.3) is 0 Å². The molecule has 0 saturated carbocycles. The average Bonchev–Trinajstić information content (AvgIpc) is 2.87. The van der Waals surface area contributed by atoms with E-state index in [9.17, 15) is 9.90 Å². The van der Waals surface area contributed by atoms with E-state index in [0.717, 1.165) is 24.7 Å². The molecule has 1 aromatic heterocycles. The maximum atomic E-state index is 12.9. The molecule has 0 spiro atoms. The fourth-order valence-electron chi connectivity index (χ4n) is 5.05. The molecule has 32 heavy (non-hydrogen) atoms. The van der Waals surface area contributed by atoms with Crippen molar-refractivity contribution in [2.24, 2.45) is 0 Å². The van der Waals surface area contributed by atoms with Crippen molar-refractivity contribution in [3.63, 3.8) is 0 Å². The molecule has 1 aromatic rings. The van der Waals surface area contributed by atoms with Crippen LogP contribution in [0.2, 0.25) is 0 Å². The highest BCUT2D eigenvalue weighted by molar-refractivity contribution is 6.62. The summed E-state index contributed by atoms with van der Waals surface area (Å²) in [6, 6.07) is 3.70. The van der Waals surface area contributed by atoms with Gasteiger partial charge in [0, 0.05) is 36.6 Å². The zero-order valence-corrected chi connectivity index (χ0v) is 20.5. The van der Waals surface area contributed by atoms with Crippen LogP contribution in [0.3, 0.4) is 0 Å². The number of carbonyl (C=O) groups excluding carboxylic acids is 1. The van der Waals surface area contributed by atoms with Crippen molar-refractivity contribution in [1.82, 2.24) is 9.88 Å². The van der Waals surface area contributed by atoms with Crippen molar-refractivity contribution < 1.29 is 23.9 Å². The van der Waals surface area contributed by atoms with Crippen molar-refractivity contribution in [2.75, 3.05) is 0 Å². The molecule has 2 atom stereocenters. The quantitative estimate of drug-likeness (QED) is 0.704. The van der Waals surface area contributed by atoms with Gasteiger partial charge in [-0.2, -0.15) is 0 Å². The molecule has 0 aliphatic carbocycles. The van der Waals surface area contributed by atoms with Crippen LogP contribution in [0.5, 0.6) is 0 Å². The van der Waals surface area contributed by atoms with E-state index >= 15 is 0 Å². The van der Waals surface area contributed by atoms with E-state index in [1.165, 1.54) is 0 Å². The largest absolute Gasteiger partial charge is 0.496 e. The van der Waals surface area contributed by atoms with E-state index < -0.39 is 29.5 Å². The van der Waals surface area contributed by atoms with Gasteiger partial charge >= 0.3 is 13.2 Å². The minimum absolute atomic E-state index is 0.0491. The first-order chi connectivity index (χ1) is 14.7. The lowest BCUT2D eigenvalue weighted by molar-refractivity contribution is -0.0984. The Morgan fingerprint density at radius 3 is 2.16 bits per heavy atom. The number of carbonyl (C=O) groups is 1. The van der Waals surface area contributed by atoms with Gasteiger partial charge in [0.15, 0.2) is 0 Å². The molecule has 3 aliphatic rings. The second-order valence-electron chi connectivity index (χ2n) is 11.6. The summed E-state index contributed by atoms with van der Waals surface area (Å²) >= 11 is 0. The van der Waals surface area contributed by atoms with Crippen LogP contribution in [0.4, 0.5) is 4.79 Å². The Morgan fingerprint density at radius 2 is 1.69 bits per heavy atom. The van der Waals surface area contributed by atoms with E-state index in [4.69, 9.17) is 14.0 Å². The smallest absolute Gasteiger partial charge is 0.444 e. The minimum Gasteiger partial charge on any atom is -0.444 e. The van der Waals surface area contributed by atoms with Crippen LogP contribution in [-0.2, 0) is 19.6 Å². The number of hydrogen-bond donors (Lipinski definition) is 1. The molecule has 4 rings (SSSR count). The third kappa shape index (κ3) is 4.29. The van der Waals surface area contributed by atoms with Crippen molar-refractivity contribution >= 4 is 18.7 Å². The summed E-state index contributed by atoms with van der Waals surface area (Å²) in [6.07, 6.45) is 5.17. The Balaban J connectivity index is 1.51. The van der Waals surface area contributed by atoms with Crippen molar-refractivity contribution in [3.05, 3.63) is 24.0 Å². The fourth-order valence-corrected chi connectivity index (χ4v) is 5.05. The number of aliphatic hydroxyl groups is 1. The molecule has 1 amide bonds. The van der Waals surface area contributed by atoms with Crippen LogP contribution in [-0.4, -0.2) is 57.1 Å². The van der Waals surface area contributed by atoms with E-state index in [1.54, 1.807) is 6.20 Å². The molecule has 3 aliphatic heterocycles. The summed E-state index contributed by atoms with van der Waals surface area (Å²) in [5, 5.41) is 11.6. The van der Waals surface area contributed by atoms with E-state index in [2.05, 4.69) is 4.98 Å². The SMILES string of the molecule is CC(C)(C)OC(=O)N1C2CCCC1CC(O)(c1ccc(B3OC(C)(C)C(C)(C)O3)cn1)C2. The zero-order valence-electron chi connectivity index (χ0n) is 20.5. The maximum absolute atomic E-state index is 12.9. The van der Waals surface area contributed by atoms with Gasteiger partial charge in [-0.25, -0.2) is 4.79 Å². The van der Waals surface area contributed by atoms with Gasteiger partial charge in [-0.15, -0.1) is 0 Å². The summed E-state index contributed by atoms with van der Waals surface area (Å²) in [4.78, 5) is 19.3. The Morgan fingerprint density at radius 1 is 1.12 bits per heavy atom. The highest BCUT2D eigenvalue weighted by Crippen LogP contribution is 2.44. The van der Waals surface area contributed by atoms with Gasteiger partial charge in [0.1, 0.15) is 11.2 Å². The monoisotopic (exact) mass is 444 g/mol. The third-order valence-corrected chi connectivity index (χ3v) is 7.40. The number of rotatable bonds is 2. The minimum atomic E-state index is -1.07. The third-order valence-electron chi connectivity index (χ3n) is 7.40. The van der Waals surface area contributed by atoms with Crippen LogP contribution >= 0.6 is 0 Å². The lowest BCUT2D eigenvalue weighted by atomic mass is 9.73. The van der Waals surface area contributed by atoms with Crippen LogP contribution in [0, 0.1) is 0 Å². The second-order valence-corrected chi connectivity index (χ2v) is 11.6. The van der Waals surface area contributed by atoms with Gasteiger partial charge in [0.2, 0.25) is 0 Å². The lowest BCUT2D eigenvalue weighted by Crippen LogP contribution is -2.59. The number of amides is 1. The normalized spacial score (nSPS) is 31.5. The van der Waals surface area contributed by atoms with Gasteiger partial charge < -0.3 is 24.1 Å². The molecule has 176 valence electrons. The molecular formula is C24H37BN2O5. The lowest BCUT2D eigenvalue weighted by Gasteiger charge is -2.51. The fraction of sp³-hybridized carbons (Fsp3) is 0.750. The molecule has 1 N–H and O–H groups in total. The number of ether oxygens (including phenoxy) is 1. The first kappa shape index (κ1) is 23.5. The van der Waals surface area contributed by atoms with Crippen molar-refractivity contribution in [2.45, 2.75) is 115 Å². The zero-order chi connectivity index (χ0) is 23.5. The number of piperidine rings is 2.